The van der Waals surface area contributed by atoms with Gasteiger partial charge in [-0.3, -0.25) is 9.59 Å². The minimum Gasteiger partial charge on any atom is -0.467 e. The van der Waals surface area contributed by atoms with Crippen molar-refractivity contribution in [3.8, 4) is 11.2 Å². The summed E-state index contributed by atoms with van der Waals surface area (Å²) in [5.74, 6) is -2.89. The van der Waals surface area contributed by atoms with Crippen molar-refractivity contribution in [1.82, 2.24) is 25.1 Å². The molecule has 1 N–H and O–H groups in total. The Morgan fingerprint density at radius 1 is 0.947 bits per heavy atom. The standard InChI is InChI=1S/C16H18Cl2N2O4.C14H13F4N3O2S.C14H14IN5O6S.Na/c1-4-23-14(21)12-9-16(3,15(22)24-5-2)20(19-12)13-7-6-10(17)8-11(13)18;1-8(2)21(10-5-3-9(15)4-6-10)11(22)7-23-13-20-19-12(24-13)14(16,17)18;1-7-16-12(19-14(17-7)26-3)18-13(22)20-27(23,24)10-6-8(15)4-5-9(10)11(21)25-2;/h6-8H,4-5,9H2,1-3H3;3-6,8H,7H2,1-2H3;4-6H,1-3H3,(H2,16,17,18,19,20,22);/q;;;+1/p-1. The average molecular weight is 1270 g/mol. The minimum absolute atomic E-state index is 0. The Hall–Kier alpha value is -5.57. The Balaban J connectivity index is 0.000000299. The molecule has 404 valence electrons. The second-order valence-corrected chi connectivity index (χ2v) is 19.8. The van der Waals surface area contributed by atoms with Crippen LogP contribution in [0, 0.1) is 16.3 Å². The largest absolute Gasteiger partial charge is 1.00 e. The van der Waals surface area contributed by atoms with Crippen LogP contribution in [0.15, 0.2) is 70.7 Å². The molecule has 5 aromatic rings. The smallest absolute Gasteiger partial charge is 0.467 e. The van der Waals surface area contributed by atoms with Crippen LogP contribution in [0.25, 0.3) is 4.72 Å². The van der Waals surface area contributed by atoms with E-state index in [1.54, 1.807) is 52.8 Å². The van der Waals surface area contributed by atoms with Gasteiger partial charge in [0.2, 0.25) is 15.0 Å². The monoisotopic (exact) mass is 1260 g/mol. The molecule has 0 aliphatic carbocycles. The maximum atomic E-state index is 13.0. The minimum atomic E-state index is -4.61. The molecular formula is C44H44Cl2F4IN10NaO12S2. The number of aryl methyl sites for hydroxylation is 1. The Labute approximate surface area is 482 Å². The van der Waals surface area contributed by atoms with Gasteiger partial charge in [-0.25, -0.2) is 37.2 Å². The fraction of sp³-hybridized carbons (Fsp3) is 0.341. The first-order valence-electron chi connectivity index (χ1n) is 21.4. The first-order valence-corrected chi connectivity index (χ1v) is 25.5. The first kappa shape index (κ1) is 64.7. The number of carbonyl (C=O) groups is 5. The van der Waals surface area contributed by atoms with Crippen LogP contribution < -0.4 is 54.3 Å². The molecule has 1 unspecified atom stereocenters. The topological polar surface area (TPSA) is 275 Å². The SMILES string of the molecule is CC(C)N(C(=O)COc1nnc(C(F)(F)F)s1)c1ccc(F)cc1.CCOC(=O)C1=NN(c2ccc(Cl)cc2Cl)C(C)(C(=O)OCC)C1.COC(=O)c1ccc(I)cc1S(=O)(=O)[N-]C(=O)Nc1nc(C)nc(OC)n1.[Na+]. The quantitative estimate of drug-likeness (QED) is 0.0424. The number of rotatable bonds is 15. The van der Waals surface area contributed by atoms with E-state index in [0.29, 0.717) is 25.0 Å². The summed E-state index contributed by atoms with van der Waals surface area (Å²) in [6, 6.07) is 12.5. The van der Waals surface area contributed by atoms with Crippen molar-refractivity contribution < 1.29 is 103 Å². The van der Waals surface area contributed by atoms with Crippen molar-refractivity contribution in [2.45, 2.75) is 70.6 Å². The number of alkyl halides is 3. The van der Waals surface area contributed by atoms with Crippen molar-refractivity contribution in [2.24, 2.45) is 5.10 Å². The molecular weight excluding hydrogens is 1220 g/mol. The van der Waals surface area contributed by atoms with Gasteiger partial charge in [0.25, 0.3) is 11.1 Å². The van der Waals surface area contributed by atoms with Crippen LogP contribution in [-0.4, -0.2) is 115 Å². The molecule has 1 aliphatic rings. The zero-order valence-corrected chi connectivity index (χ0v) is 48.9. The second-order valence-electron chi connectivity index (χ2n) is 15.2. The number of anilines is 3. The summed E-state index contributed by atoms with van der Waals surface area (Å²) in [6.07, 6.45) is -4.55. The zero-order valence-electron chi connectivity index (χ0n) is 41.6. The number of methoxy groups -OCH3 is 2. The number of nitrogens with zero attached hydrogens (tertiary/aromatic N) is 9. The number of nitrogens with one attached hydrogen (secondary N) is 1. The summed E-state index contributed by atoms with van der Waals surface area (Å²) in [4.78, 5) is 73.0. The summed E-state index contributed by atoms with van der Waals surface area (Å²) >= 11 is 14.2. The Morgan fingerprint density at radius 3 is 2.17 bits per heavy atom. The molecule has 1 atom stereocenters. The Kier molecular flexibility index (Phi) is 24.4. The van der Waals surface area contributed by atoms with E-state index in [2.05, 4.69) is 45.0 Å². The Bertz CT molecular complexity index is 3040. The summed E-state index contributed by atoms with van der Waals surface area (Å²) in [5, 5.41) is 13.3. The fourth-order valence-corrected chi connectivity index (χ4v) is 9.01. The average Bonchev–Trinajstić information content (AvgIpc) is 3.97. The molecule has 0 radical (unpaired) electrons. The van der Waals surface area contributed by atoms with Crippen LogP contribution in [0.2, 0.25) is 10.0 Å². The first-order chi connectivity index (χ1) is 35.2. The molecule has 76 heavy (non-hydrogen) atoms. The third-order valence-corrected chi connectivity index (χ3v) is 12.8. The molecule has 3 amide bonds. The fourth-order valence-electron chi connectivity index (χ4n) is 6.19. The molecule has 0 fully saturated rings. The molecule has 6 rings (SSSR count). The molecule has 0 spiro atoms. The molecule has 32 heteroatoms. The molecule has 3 aromatic carbocycles. The predicted octanol–water partition coefficient (Wildman–Crippen LogP) is 5.84. The van der Waals surface area contributed by atoms with Crippen molar-refractivity contribution in [3.05, 3.63) is 101 Å². The van der Waals surface area contributed by atoms with E-state index in [1.807, 2.05) is 22.6 Å². The van der Waals surface area contributed by atoms with Crippen LogP contribution in [0.3, 0.4) is 0 Å². The number of sulfonamides is 1. The van der Waals surface area contributed by atoms with E-state index in [-0.39, 0.29) is 101 Å². The molecule has 0 bridgehead atoms. The number of amides is 3. The van der Waals surface area contributed by atoms with Gasteiger partial charge in [-0.05, 0) is 125 Å². The number of hydrogen-bond donors (Lipinski definition) is 1. The second kappa shape index (κ2) is 28.7. The van der Waals surface area contributed by atoms with Crippen LogP contribution in [0.4, 0.5) is 39.7 Å². The van der Waals surface area contributed by atoms with Crippen molar-refractivity contribution in [1.29, 1.82) is 0 Å². The maximum absolute atomic E-state index is 13.0. The molecule has 0 saturated carbocycles. The van der Waals surface area contributed by atoms with Crippen molar-refractivity contribution >= 4 is 120 Å². The molecule has 0 saturated heterocycles. The van der Waals surface area contributed by atoms with Gasteiger partial charge in [-0.2, -0.15) is 28.2 Å². The predicted molar refractivity (Wildman–Crippen MR) is 273 cm³/mol. The number of halogens is 7. The number of urea groups is 1. The van der Waals surface area contributed by atoms with Gasteiger partial charge in [0.05, 0.1) is 48.6 Å². The van der Waals surface area contributed by atoms with E-state index in [4.69, 9.17) is 42.1 Å². The summed E-state index contributed by atoms with van der Waals surface area (Å²) in [7, 11) is -2.08. The van der Waals surface area contributed by atoms with Gasteiger partial charge in [0, 0.05) is 26.7 Å². The van der Waals surface area contributed by atoms with Gasteiger partial charge in [-0.15, -0.1) is 5.10 Å². The third kappa shape index (κ3) is 17.7. The number of ether oxygens (including phenoxy) is 5. The van der Waals surface area contributed by atoms with E-state index < -0.39 is 73.9 Å². The molecule has 2 aromatic heterocycles. The van der Waals surface area contributed by atoms with E-state index >= 15 is 0 Å². The van der Waals surface area contributed by atoms with Crippen molar-refractivity contribution in [3.63, 3.8) is 0 Å². The summed E-state index contributed by atoms with van der Waals surface area (Å²) < 4.78 is 104. The number of hydrazone groups is 1. The normalized spacial score (nSPS) is 13.8. The van der Waals surface area contributed by atoms with Gasteiger partial charge < -0.3 is 38.6 Å². The Morgan fingerprint density at radius 2 is 1.61 bits per heavy atom. The van der Waals surface area contributed by atoms with Gasteiger partial charge >= 0.3 is 59.7 Å². The van der Waals surface area contributed by atoms with Gasteiger partial charge in [0.1, 0.15) is 17.4 Å². The van der Waals surface area contributed by atoms with Crippen LogP contribution >= 0.6 is 57.1 Å². The van der Waals surface area contributed by atoms with Crippen LogP contribution in [0.1, 0.15) is 62.2 Å². The molecule has 1 aliphatic heterocycles. The van der Waals surface area contributed by atoms with Gasteiger partial charge in [0.15, 0.2) is 24.1 Å². The van der Waals surface area contributed by atoms with E-state index in [9.17, 15) is 50.0 Å². The molecule has 3 heterocycles. The summed E-state index contributed by atoms with van der Waals surface area (Å²) in [5.41, 5.74) is -0.398. The number of carbonyl (C=O) groups excluding carboxylic acids is 5. The number of aromatic nitrogens is 5. The van der Waals surface area contributed by atoms with Gasteiger partial charge in [-0.1, -0.05) is 39.6 Å². The number of esters is 3. The summed E-state index contributed by atoms with van der Waals surface area (Å²) in [6.45, 7) is 9.99. The van der Waals surface area contributed by atoms with Crippen LogP contribution in [-0.2, 0) is 44.8 Å². The number of benzene rings is 3. The van der Waals surface area contributed by atoms with Crippen LogP contribution in [0.5, 0.6) is 11.2 Å². The van der Waals surface area contributed by atoms with E-state index in [0.717, 1.165) is 7.11 Å². The maximum Gasteiger partial charge on any atom is 1.00 e. The zero-order chi connectivity index (χ0) is 56.0. The van der Waals surface area contributed by atoms with Crippen molar-refractivity contribution in [2.75, 3.05) is 49.3 Å². The number of hydrogen-bond acceptors (Lipinski definition) is 20. The molecule has 22 nitrogen and oxygen atoms in total. The van der Waals surface area contributed by atoms with E-state index in [1.165, 1.54) is 66.4 Å². The third-order valence-electron chi connectivity index (χ3n) is 9.38.